The standard InChI is InChI=1S/C13H13ClN2O2/c14-8-3-1-4-9(7-8)15-13(18)16-11-6-2-5-10(11)12(16)17/h1,3-4,7,10-11H,2,5-6H2,(H,15,18)/t10-,11+/m0/s1. The Morgan fingerprint density at radius 3 is 3.00 bits per heavy atom. The first-order chi connectivity index (χ1) is 8.66. The molecule has 1 aromatic rings. The molecule has 1 aromatic carbocycles. The average molecular weight is 265 g/mol. The number of carbonyl (C=O) groups excluding carboxylic acids is 2. The van der Waals surface area contributed by atoms with Crippen LogP contribution in [0.15, 0.2) is 24.3 Å². The number of hydrogen-bond donors (Lipinski definition) is 1. The molecule has 1 heterocycles. The lowest BCUT2D eigenvalue weighted by Crippen LogP contribution is -2.61. The van der Waals surface area contributed by atoms with Crippen LogP contribution in [0.4, 0.5) is 10.5 Å². The van der Waals surface area contributed by atoms with Gasteiger partial charge in [-0.25, -0.2) is 4.79 Å². The number of imide groups is 1. The van der Waals surface area contributed by atoms with Crippen molar-refractivity contribution in [2.24, 2.45) is 5.92 Å². The molecule has 1 aliphatic carbocycles. The number of hydrogen-bond acceptors (Lipinski definition) is 2. The van der Waals surface area contributed by atoms with Crippen molar-refractivity contribution in [2.75, 3.05) is 5.32 Å². The SMILES string of the molecule is O=C(Nc1cccc(Cl)c1)N1C(=O)[C@H]2CCC[C@H]21. The van der Waals surface area contributed by atoms with E-state index >= 15 is 0 Å². The molecule has 2 atom stereocenters. The number of nitrogens with one attached hydrogen (secondary N) is 1. The smallest absolute Gasteiger partial charge is 0.307 e. The number of urea groups is 1. The van der Waals surface area contributed by atoms with Crippen LogP contribution in [0.5, 0.6) is 0 Å². The van der Waals surface area contributed by atoms with Gasteiger partial charge in [0.15, 0.2) is 0 Å². The second-order valence-electron chi connectivity index (χ2n) is 4.75. The van der Waals surface area contributed by atoms with Crippen LogP contribution in [0.1, 0.15) is 19.3 Å². The fraction of sp³-hybridized carbons (Fsp3) is 0.385. The summed E-state index contributed by atoms with van der Waals surface area (Å²) in [5.41, 5.74) is 0.613. The van der Waals surface area contributed by atoms with Gasteiger partial charge >= 0.3 is 6.03 Å². The van der Waals surface area contributed by atoms with Gasteiger partial charge in [-0.2, -0.15) is 0 Å². The number of benzene rings is 1. The van der Waals surface area contributed by atoms with E-state index in [2.05, 4.69) is 5.32 Å². The maximum absolute atomic E-state index is 12.0. The van der Waals surface area contributed by atoms with Crippen LogP contribution in [-0.2, 0) is 4.79 Å². The molecule has 94 valence electrons. The predicted octanol–water partition coefficient (Wildman–Crippen LogP) is 2.88. The summed E-state index contributed by atoms with van der Waals surface area (Å²) in [7, 11) is 0. The van der Waals surface area contributed by atoms with E-state index in [1.807, 2.05) is 0 Å². The van der Waals surface area contributed by atoms with Crippen LogP contribution in [-0.4, -0.2) is 22.9 Å². The lowest BCUT2D eigenvalue weighted by molar-refractivity contribution is -0.147. The van der Waals surface area contributed by atoms with Gasteiger partial charge in [-0.3, -0.25) is 9.69 Å². The zero-order chi connectivity index (χ0) is 12.7. The van der Waals surface area contributed by atoms with Gasteiger partial charge < -0.3 is 5.32 Å². The van der Waals surface area contributed by atoms with Crippen LogP contribution < -0.4 is 5.32 Å². The highest BCUT2D eigenvalue weighted by atomic mass is 35.5. The Labute approximate surface area is 110 Å². The highest BCUT2D eigenvalue weighted by Gasteiger charge is 2.52. The van der Waals surface area contributed by atoms with Gasteiger partial charge in [-0.1, -0.05) is 24.1 Å². The molecule has 3 rings (SSSR count). The lowest BCUT2D eigenvalue weighted by Gasteiger charge is -2.41. The molecular formula is C13H13ClN2O2. The molecule has 4 nitrogen and oxygen atoms in total. The third kappa shape index (κ3) is 1.77. The second kappa shape index (κ2) is 4.28. The van der Waals surface area contributed by atoms with Gasteiger partial charge in [-0.05, 0) is 31.0 Å². The second-order valence-corrected chi connectivity index (χ2v) is 5.19. The van der Waals surface area contributed by atoms with E-state index in [0.717, 1.165) is 19.3 Å². The Bertz CT molecular complexity index is 517. The number of β-lactam (4-membered cyclic amide) rings is 1. The molecule has 0 unspecified atom stereocenters. The third-order valence-corrected chi connectivity index (χ3v) is 3.90. The van der Waals surface area contributed by atoms with Crippen molar-refractivity contribution in [2.45, 2.75) is 25.3 Å². The summed E-state index contributed by atoms with van der Waals surface area (Å²) in [5.74, 6) is 0.0344. The molecule has 0 aromatic heterocycles. The van der Waals surface area contributed by atoms with E-state index in [1.54, 1.807) is 24.3 Å². The van der Waals surface area contributed by atoms with Crippen molar-refractivity contribution >= 4 is 29.2 Å². The van der Waals surface area contributed by atoms with E-state index in [-0.39, 0.29) is 23.9 Å². The van der Waals surface area contributed by atoms with Gasteiger partial charge in [-0.15, -0.1) is 0 Å². The molecule has 5 heteroatoms. The Hall–Kier alpha value is -1.55. The molecule has 0 bridgehead atoms. The predicted molar refractivity (Wildman–Crippen MR) is 68.4 cm³/mol. The van der Waals surface area contributed by atoms with Crippen molar-refractivity contribution in [1.29, 1.82) is 0 Å². The summed E-state index contributed by atoms with van der Waals surface area (Å²) >= 11 is 5.84. The topological polar surface area (TPSA) is 49.4 Å². The van der Waals surface area contributed by atoms with Crippen LogP contribution in [0, 0.1) is 5.92 Å². The highest BCUT2D eigenvalue weighted by Crippen LogP contribution is 2.40. The number of rotatable bonds is 1. The summed E-state index contributed by atoms with van der Waals surface area (Å²) in [6.45, 7) is 0. The first-order valence-corrected chi connectivity index (χ1v) is 6.44. The zero-order valence-electron chi connectivity index (χ0n) is 9.73. The molecule has 3 amide bonds. The van der Waals surface area contributed by atoms with Crippen molar-refractivity contribution in [3.8, 4) is 0 Å². The molecular weight excluding hydrogens is 252 g/mol. The van der Waals surface area contributed by atoms with Crippen molar-refractivity contribution in [3.05, 3.63) is 29.3 Å². The normalized spacial score (nSPS) is 25.6. The van der Waals surface area contributed by atoms with Gasteiger partial charge in [0.1, 0.15) is 0 Å². The largest absolute Gasteiger partial charge is 0.328 e. The Kier molecular flexibility index (Phi) is 2.74. The van der Waals surface area contributed by atoms with Gasteiger partial charge in [0.05, 0.1) is 12.0 Å². The maximum atomic E-state index is 12.0. The average Bonchev–Trinajstić information content (AvgIpc) is 2.72. The molecule has 0 spiro atoms. The fourth-order valence-corrected chi connectivity index (χ4v) is 2.99. The van der Waals surface area contributed by atoms with Crippen molar-refractivity contribution in [1.82, 2.24) is 4.90 Å². The van der Waals surface area contributed by atoms with Crippen molar-refractivity contribution in [3.63, 3.8) is 0 Å². The van der Waals surface area contributed by atoms with Crippen LogP contribution in [0.2, 0.25) is 5.02 Å². The molecule has 2 aliphatic rings. The number of halogens is 1. The van der Waals surface area contributed by atoms with E-state index in [0.29, 0.717) is 10.7 Å². The monoisotopic (exact) mass is 264 g/mol. The Morgan fingerprint density at radius 1 is 1.39 bits per heavy atom. The van der Waals surface area contributed by atoms with E-state index in [9.17, 15) is 9.59 Å². The van der Waals surface area contributed by atoms with Gasteiger partial charge in [0.25, 0.3) is 0 Å². The minimum atomic E-state index is -0.342. The Balaban J connectivity index is 1.71. The van der Waals surface area contributed by atoms with Crippen LogP contribution in [0.25, 0.3) is 0 Å². The maximum Gasteiger partial charge on any atom is 0.328 e. The number of carbonyl (C=O) groups is 2. The molecule has 1 saturated carbocycles. The minimum Gasteiger partial charge on any atom is -0.307 e. The summed E-state index contributed by atoms with van der Waals surface area (Å²) in [4.78, 5) is 25.1. The molecule has 1 aliphatic heterocycles. The summed E-state index contributed by atoms with van der Waals surface area (Å²) in [6, 6.07) is 6.67. The summed E-state index contributed by atoms with van der Waals surface area (Å²) < 4.78 is 0. The van der Waals surface area contributed by atoms with Crippen LogP contribution >= 0.6 is 11.6 Å². The lowest BCUT2D eigenvalue weighted by atomic mass is 9.91. The summed E-state index contributed by atoms with van der Waals surface area (Å²) in [5, 5.41) is 3.27. The van der Waals surface area contributed by atoms with E-state index in [1.165, 1.54) is 4.90 Å². The molecule has 0 radical (unpaired) electrons. The molecule has 1 saturated heterocycles. The van der Waals surface area contributed by atoms with E-state index < -0.39 is 0 Å². The number of fused-ring (bicyclic) bond motifs is 1. The minimum absolute atomic E-state index is 0.0444. The molecule has 2 fully saturated rings. The zero-order valence-corrected chi connectivity index (χ0v) is 10.5. The molecule has 18 heavy (non-hydrogen) atoms. The van der Waals surface area contributed by atoms with E-state index in [4.69, 9.17) is 11.6 Å². The van der Waals surface area contributed by atoms with Crippen molar-refractivity contribution < 1.29 is 9.59 Å². The highest BCUT2D eigenvalue weighted by molar-refractivity contribution is 6.30. The third-order valence-electron chi connectivity index (χ3n) is 3.66. The fourth-order valence-electron chi connectivity index (χ4n) is 2.80. The number of amides is 3. The first kappa shape index (κ1) is 11.5. The number of nitrogens with zero attached hydrogens (tertiary/aromatic N) is 1. The van der Waals surface area contributed by atoms with Gasteiger partial charge in [0, 0.05) is 10.7 Å². The Morgan fingerprint density at radius 2 is 2.22 bits per heavy atom. The number of anilines is 1. The molecule has 1 N–H and O–H groups in total. The summed E-state index contributed by atoms with van der Waals surface area (Å²) in [6.07, 6.45) is 2.88. The quantitative estimate of drug-likeness (QED) is 0.793. The van der Waals surface area contributed by atoms with Gasteiger partial charge in [0.2, 0.25) is 5.91 Å². The first-order valence-electron chi connectivity index (χ1n) is 6.06. The van der Waals surface area contributed by atoms with Crippen LogP contribution in [0.3, 0.4) is 0 Å². The number of likely N-dealkylation sites (tertiary alicyclic amines) is 1.